The molecule has 0 bridgehead atoms. The Labute approximate surface area is 118 Å². The van der Waals surface area contributed by atoms with Crippen molar-refractivity contribution in [2.24, 2.45) is 7.05 Å². The summed E-state index contributed by atoms with van der Waals surface area (Å²) in [5.74, 6) is -0.0154. The van der Waals surface area contributed by atoms with Gasteiger partial charge in [-0.25, -0.2) is 0 Å². The van der Waals surface area contributed by atoms with E-state index in [0.29, 0.717) is 18.8 Å². The van der Waals surface area contributed by atoms with Gasteiger partial charge in [0, 0.05) is 32.9 Å². The van der Waals surface area contributed by atoms with Crippen LogP contribution in [0.2, 0.25) is 0 Å². The first kappa shape index (κ1) is 13.6. The Balaban J connectivity index is 1.58. The summed E-state index contributed by atoms with van der Waals surface area (Å²) < 4.78 is 13.2. The maximum absolute atomic E-state index is 12.2. The van der Waals surface area contributed by atoms with Gasteiger partial charge in [-0.05, 0) is 19.4 Å². The second-order valence-electron chi connectivity index (χ2n) is 5.64. The molecule has 2 aliphatic rings. The molecule has 0 N–H and O–H groups in total. The number of nitrogens with zero attached hydrogens (tertiary/aromatic N) is 3. The smallest absolute Gasteiger partial charge is 0.274 e. The molecule has 1 aromatic heterocycles. The van der Waals surface area contributed by atoms with Crippen LogP contribution >= 0.6 is 0 Å². The summed E-state index contributed by atoms with van der Waals surface area (Å²) in [5, 5.41) is 4.15. The van der Waals surface area contributed by atoms with Crippen molar-refractivity contribution in [3.05, 3.63) is 18.0 Å². The lowest BCUT2D eigenvalue weighted by molar-refractivity contribution is -0.185. The zero-order chi connectivity index (χ0) is 14.2. The summed E-state index contributed by atoms with van der Waals surface area (Å²) in [6, 6.07) is 1.75. The number of aryl methyl sites for hydroxylation is 1. The van der Waals surface area contributed by atoms with Crippen molar-refractivity contribution < 1.29 is 14.3 Å². The standard InChI is InChI=1S/C14H21N3O3/c1-3-19-11-5-7-20-14(8-11)9-17(10-14)13(18)12-4-6-16(2)15-12/h4,6,11H,3,5,7-10H2,1-2H3/t11-/m1/s1. The molecule has 6 heteroatoms. The molecule has 2 saturated heterocycles. The second-order valence-corrected chi connectivity index (χ2v) is 5.64. The van der Waals surface area contributed by atoms with E-state index in [9.17, 15) is 4.79 Å². The molecule has 2 aliphatic heterocycles. The fourth-order valence-corrected chi connectivity index (χ4v) is 3.07. The summed E-state index contributed by atoms with van der Waals surface area (Å²) in [6.45, 7) is 4.76. The molecule has 0 radical (unpaired) electrons. The van der Waals surface area contributed by atoms with Crippen molar-refractivity contribution in [2.45, 2.75) is 31.5 Å². The first-order valence-corrected chi connectivity index (χ1v) is 7.16. The number of ether oxygens (including phenoxy) is 2. The van der Waals surface area contributed by atoms with Crippen LogP contribution in [0.5, 0.6) is 0 Å². The van der Waals surface area contributed by atoms with Gasteiger partial charge in [0.05, 0.1) is 19.2 Å². The van der Waals surface area contributed by atoms with Crippen molar-refractivity contribution in [2.75, 3.05) is 26.3 Å². The van der Waals surface area contributed by atoms with E-state index in [1.165, 1.54) is 0 Å². The third kappa shape index (κ3) is 2.45. The van der Waals surface area contributed by atoms with E-state index in [2.05, 4.69) is 5.10 Å². The number of aromatic nitrogens is 2. The molecule has 20 heavy (non-hydrogen) atoms. The van der Waals surface area contributed by atoms with Gasteiger partial charge in [0.15, 0.2) is 0 Å². The monoisotopic (exact) mass is 279 g/mol. The molecule has 3 rings (SSSR count). The number of hydrogen-bond donors (Lipinski definition) is 0. The highest BCUT2D eigenvalue weighted by Crippen LogP contribution is 2.35. The largest absolute Gasteiger partial charge is 0.378 e. The molecule has 1 spiro atoms. The number of carbonyl (C=O) groups excluding carboxylic acids is 1. The van der Waals surface area contributed by atoms with Crippen LogP contribution in [0.3, 0.4) is 0 Å². The van der Waals surface area contributed by atoms with E-state index < -0.39 is 0 Å². The Kier molecular flexibility index (Phi) is 3.52. The van der Waals surface area contributed by atoms with Gasteiger partial charge in [-0.1, -0.05) is 0 Å². The molecule has 0 aliphatic carbocycles. The summed E-state index contributed by atoms with van der Waals surface area (Å²) in [6.07, 6.45) is 3.88. The number of hydrogen-bond acceptors (Lipinski definition) is 4. The predicted molar refractivity (Wildman–Crippen MR) is 72.4 cm³/mol. The maximum atomic E-state index is 12.2. The van der Waals surface area contributed by atoms with Crippen LogP contribution < -0.4 is 0 Å². The predicted octanol–water partition coefficient (Wildman–Crippen LogP) is 0.830. The number of rotatable bonds is 3. The van der Waals surface area contributed by atoms with Crippen LogP contribution in [0.25, 0.3) is 0 Å². The normalized spacial score (nSPS) is 24.7. The van der Waals surface area contributed by atoms with Gasteiger partial charge in [-0.15, -0.1) is 0 Å². The molecule has 0 aromatic carbocycles. The number of carbonyl (C=O) groups is 1. The molecule has 0 saturated carbocycles. The minimum Gasteiger partial charge on any atom is -0.378 e. The molecule has 3 heterocycles. The molecular formula is C14H21N3O3. The summed E-state index contributed by atoms with van der Waals surface area (Å²) >= 11 is 0. The Bertz CT molecular complexity index is 492. The highest BCUT2D eigenvalue weighted by Gasteiger charge is 2.49. The molecule has 6 nitrogen and oxygen atoms in total. The zero-order valence-electron chi connectivity index (χ0n) is 12.0. The highest BCUT2D eigenvalue weighted by molar-refractivity contribution is 5.93. The van der Waals surface area contributed by atoms with Gasteiger partial charge >= 0.3 is 0 Å². The van der Waals surface area contributed by atoms with E-state index in [4.69, 9.17) is 9.47 Å². The van der Waals surface area contributed by atoms with Crippen molar-refractivity contribution >= 4 is 5.91 Å². The molecule has 1 atom stereocenters. The lowest BCUT2D eigenvalue weighted by Gasteiger charge is -2.52. The Hall–Kier alpha value is -1.40. The van der Waals surface area contributed by atoms with Crippen LogP contribution in [0.4, 0.5) is 0 Å². The molecule has 2 fully saturated rings. The quantitative estimate of drug-likeness (QED) is 0.822. The van der Waals surface area contributed by atoms with Crippen LogP contribution in [-0.2, 0) is 16.5 Å². The maximum Gasteiger partial charge on any atom is 0.274 e. The van der Waals surface area contributed by atoms with E-state index in [-0.39, 0.29) is 17.6 Å². The highest BCUT2D eigenvalue weighted by atomic mass is 16.5. The van der Waals surface area contributed by atoms with E-state index in [0.717, 1.165) is 26.1 Å². The molecule has 110 valence electrons. The zero-order valence-corrected chi connectivity index (χ0v) is 12.0. The fourth-order valence-electron chi connectivity index (χ4n) is 3.07. The topological polar surface area (TPSA) is 56.6 Å². The third-order valence-electron chi connectivity index (χ3n) is 4.03. The Morgan fingerprint density at radius 2 is 2.40 bits per heavy atom. The molecule has 1 aromatic rings. The van der Waals surface area contributed by atoms with Crippen molar-refractivity contribution in [1.82, 2.24) is 14.7 Å². The summed E-state index contributed by atoms with van der Waals surface area (Å²) in [7, 11) is 1.81. The van der Waals surface area contributed by atoms with Gasteiger partial charge in [0.2, 0.25) is 0 Å². The number of likely N-dealkylation sites (tertiary alicyclic amines) is 1. The van der Waals surface area contributed by atoms with Crippen LogP contribution in [0.15, 0.2) is 12.3 Å². The Morgan fingerprint density at radius 3 is 3.05 bits per heavy atom. The summed E-state index contributed by atoms with van der Waals surface area (Å²) in [5.41, 5.74) is 0.308. The van der Waals surface area contributed by atoms with Crippen LogP contribution in [0.1, 0.15) is 30.3 Å². The van der Waals surface area contributed by atoms with Gasteiger partial charge in [0.25, 0.3) is 5.91 Å². The molecule has 0 unspecified atom stereocenters. The lowest BCUT2D eigenvalue weighted by atomic mass is 9.84. The average molecular weight is 279 g/mol. The SMILES string of the molecule is CCO[C@@H]1CCOC2(C1)CN(C(=O)c1ccn(C)n1)C2. The first-order valence-electron chi connectivity index (χ1n) is 7.16. The van der Waals surface area contributed by atoms with Crippen molar-refractivity contribution in [1.29, 1.82) is 0 Å². The molecular weight excluding hydrogens is 258 g/mol. The Morgan fingerprint density at radius 1 is 1.60 bits per heavy atom. The average Bonchev–Trinajstić information content (AvgIpc) is 2.82. The van der Waals surface area contributed by atoms with Crippen molar-refractivity contribution in [3.8, 4) is 0 Å². The van der Waals surface area contributed by atoms with Gasteiger partial charge in [0.1, 0.15) is 11.3 Å². The van der Waals surface area contributed by atoms with E-state index in [1.807, 2.05) is 14.0 Å². The fraction of sp³-hybridized carbons (Fsp3) is 0.714. The van der Waals surface area contributed by atoms with Crippen molar-refractivity contribution in [3.63, 3.8) is 0 Å². The molecule has 1 amide bonds. The van der Waals surface area contributed by atoms with Gasteiger partial charge < -0.3 is 14.4 Å². The third-order valence-corrected chi connectivity index (χ3v) is 4.03. The minimum atomic E-state index is -0.192. The first-order chi connectivity index (χ1) is 9.62. The van der Waals surface area contributed by atoms with E-state index >= 15 is 0 Å². The summed E-state index contributed by atoms with van der Waals surface area (Å²) in [4.78, 5) is 14.0. The van der Waals surface area contributed by atoms with E-state index in [1.54, 1.807) is 21.8 Å². The minimum absolute atomic E-state index is 0.0154. The number of amides is 1. The van der Waals surface area contributed by atoms with Gasteiger partial charge in [-0.2, -0.15) is 5.10 Å². The van der Waals surface area contributed by atoms with Crippen LogP contribution in [-0.4, -0.2) is 58.6 Å². The van der Waals surface area contributed by atoms with Gasteiger partial charge in [-0.3, -0.25) is 9.48 Å². The van der Waals surface area contributed by atoms with Crippen LogP contribution in [0, 0.1) is 0 Å². The lowest BCUT2D eigenvalue weighted by Crippen LogP contribution is -2.67. The second kappa shape index (κ2) is 5.18.